The molecule has 0 aromatic heterocycles. The van der Waals surface area contributed by atoms with Crippen molar-refractivity contribution in [3.8, 4) is 0 Å². The van der Waals surface area contributed by atoms with E-state index >= 15 is 0 Å². The third kappa shape index (κ3) is 3.16. The molecule has 0 aliphatic carbocycles. The first-order valence-electron chi connectivity index (χ1n) is 6.14. The smallest absolute Gasteiger partial charge is 0.279 e. The lowest BCUT2D eigenvalue weighted by atomic mass is 9.99. The molecule has 6 heteroatoms. The zero-order valence-corrected chi connectivity index (χ0v) is 10.4. The topological polar surface area (TPSA) is 61.4 Å². The highest BCUT2D eigenvalue weighted by molar-refractivity contribution is 7.87. The summed E-state index contributed by atoms with van der Waals surface area (Å²) >= 11 is 0. The van der Waals surface area contributed by atoms with E-state index in [-0.39, 0.29) is 0 Å². The van der Waals surface area contributed by atoms with Crippen molar-refractivity contribution in [3.63, 3.8) is 0 Å². The van der Waals surface area contributed by atoms with Gasteiger partial charge in [0.1, 0.15) is 0 Å². The summed E-state index contributed by atoms with van der Waals surface area (Å²) in [4.78, 5) is 0. The number of rotatable bonds is 4. The monoisotopic (exact) mass is 247 g/mol. The van der Waals surface area contributed by atoms with Crippen molar-refractivity contribution in [2.45, 2.75) is 25.7 Å². The van der Waals surface area contributed by atoms with E-state index in [1.807, 2.05) is 0 Å². The molecule has 5 nitrogen and oxygen atoms in total. The van der Waals surface area contributed by atoms with Gasteiger partial charge in [0.15, 0.2) is 0 Å². The minimum absolute atomic E-state index is 0.499. The van der Waals surface area contributed by atoms with E-state index < -0.39 is 10.2 Å². The second kappa shape index (κ2) is 5.44. The van der Waals surface area contributed by atoms with Crippen LogP contribution in [0, 0.1) is 5.92 Å². The summed E-state index contributed by atoms with van der Waals surface area (Å²) in [6.07, 6.45) is 4.13. The molecule has 2 fully saturated rings. The van der Waals surface area contributed by atoms with Gasteiger partial charge in [-0.1, -0.05) is 0 Å². The molecule has 0 saturated carbocycles. The van der Waals surface area contributed by atoms with Crippen molar-refractivity contribution in [2.24, 2.45) is 5.92 Å². The summed E-state index contributed by atoms with van der Waals surface area (Å²) < 4.78 is 28.1. The van der Waals surface area contributed by atoms with Crippen LogP contribution in [-0.4, -0.2) is 45.4 Å². The van der Waals surface area contributed by atoms with Crippen LogP contribution >= 0.6 is 0 Å². The number of hydrogen-bond acceptors (Lipinski definition) is 3. The van der Waals surface area contributed by atoms with E-state index in [4.69, 9.17) is 0 Å². The van der Waals surface area contributed by atoms with Gasteiger partial charge in [0.05, 0.1) is 0 Å². The number of hydrogen-bond donors (Lipinski definition) is 2. The summed E-state index contributed by atoms with van der Waals surface area (Å²) in [6.45, 7) is 3.98. The van der Waals surface area contributed by atoms with Crippen LogP contribution < -0.4 is 10.0 Å². The number of nitrogens with one attached hydrogen (secondary N) is 2. The van der Waals surface area contributed by atoms with Gasteiger partial charge in [-0.3, -0.25) is 0 Å². The molecule has 0 atom stereocenters. The van der Waals surface area contributed by atoms with Gasteiger partial charge < -0.3 is 5.32 Å². The zero-order chi connectivity index (χ0) is 11.4. The molecule has 2 heterocycles. The molecule has 0 radical (unpaired) electrons. The maximum atomic E-state index is 11.9. The Balaban J connectivity index is 1.79. The Bertz CT molecular complexity index is 306. The summed E-state index contributed by atoms with van der Waals surface area (Å²) in [5.74, 6) is 0.499. The van der Waals surface area contributed by atoms with Crippen LogP contribution in [-0.2, 0) is 10.2 Å². The Morgan fingerprint density at radius 1 is 1.19 bits per heavy atom. The van der Waals surface area contributed by atoms with Crippen molar-refractivity contribution >= 4 is 10.2 Å². The molecule has 0 unspecified atom stereocenters. The average Bonchev–Trinajstić information content (AvgIpc) is 2.82. The normalized spacial score (nSPS) is 25.0. The fourth-order valence-corrected chi connectivity index (χ4v) is 3.70. The molecule has 2 aliphatic heterocycles. The highest BCUT2D eigenvalue weighted by Crippen LogP contribution is 2.14. The Kier molecular flexibility index (Phi) is 4.18. The zero-order valence-electron chi connectivity index (χ0n) is 9.61. The minimum Gasteiger partial charge on any atom is -0.317 e. The van der Waals surface area contributed by atoms with Gasteiger partial charge in [-0.05, 0) is 44.7 Å². The summed E-state index contributed by atoms with van der Waals surface area (Å²) in [5.41, 5.74) is 0. The van der Waals surface area contributed by atoms with E-state index in [1.54, 1.807) is 4.31 Å². The van der Waals surface area contributed by atoms with Gasteiger partial charge in [0, 0.05) is 19.6 Å². The van der Waals surface area contributed by atoms with Crippen molar-refractivity contribution in [1.29, 1.82) is 0 Å². The minimum atomic E-state index is -3.20. The molecule has 94 valence electrons. The molecular formula is C10H21N3O2S. The molecule has 2 saturated heterocycles. The molecule has 0 aromatic carbocycles. The number of nitrogens with zero attached hydrogens (tertiary/aromatic N) is 1. The maximum Gasteiger partial charge on any atom is 0.279 e. The molecular weight excluding hydrogens is 226 g/mol. The highest BCUT2D eigenvalue weighted by atomic mass is 32.2. The SMILES string of the molecule is O=S(=O)(NCC1CCNCC1)N1CCCC1. The fraction of sp³-hybridized carbons (Fsp3) is 1.00. The Morgan fingerprint density at radius 3 is 2.44 bits per heavy atom. The first-order chi connectivity index (χ1) is 7.68. The first-order valence-corrected chi connectivity index (χ1v) is 7.58. The summed E-state index contributed by atoms with van der Waals surface area (Å²) in [5, 5.41) is 3.28. The van der Waals surface area contributed by atoms with Crippen molar-refractivity contribution < 1.29 is 8.42 Å². The van der Waals surface area contributed by atoms with Gasteiger partial charge >= 0.3 is 0 Å². The Labute approximate surface area is 97.8 Å². The lowest BCUT2D eigenvalue weighted by Gasteiger charge is -2.24. The molecule has 0 bridgehead atoms. The average molecular weight is 247 g/mol. The van der Waals surface area contributed by atoms with E-state index in [0.29, 0.717) is 25.6 Å². The standard InChI is InChI=1S/C10H21N3O2S/c14-16(15,13-7-1-2-8-13)12-9-10-3-5-11-6-4-10/h10-12H,1-9H2. The molecule has 2 rings (SSSR count). The number of piperidine rings is 1. The third-order valence-corrected chi connectivity index (χ3v) is 4.99. The van der Waals surface area contributed by atoms with Crippen LogP contribution in [0.15, 0.2) is 0 Å². The van der Waals surface area contributed by atoms with Crippen molar-refractivity contribution in [2.75, 3.05) is 32.7 Å². The van der Waals surface area contributed by atoms with E-state index in [0.717, 1.165) is 38.8 Å². The quantitative estimate of drug-likeness (QED) is 0.730. The highest BCUT2D eigenvalue weighted by Gasteiger charge is 2.25. The second-order valence-corrected chi connectivity index (χ2v) is 6.41. The molecule has 2 aliphatic rings. The lowest BCUT2D eigenvalue weighted by Crippen LogP contribution is -2.42. The van der Waals surface area contributed by atoms with Gasteiger partial charge in [-0.2, -0.15) is 12.7 Å². The third-order valence-electron chi connectivity index (χ3n) is 3.42. The van der Waals surface area contributed by atoms with Crippen molar-refractivity contribution in [3.05, 3.63) is 0 Å². The van der Waals surface area contributed by atoms with Crippen LogP contribution in [0.25, 0.3) is 0 Å². The fourth-order valence-electron chi connectivity index (χ4n) is 2.33. The molecule has 2 N–H and O–H groups in total. The van der Waals surface area contributed by atoms with Crippen molar-refractivity contribution in [1.82, 2.24) is 14.3 Å². The van der Waals surface area contributed by atoms with Crippen LogP contribution in [0.1, 0.15) is 25.7 Å². The van der Waals surface area contributed by atoms with Crippen LogP contribution in [0.3, 0.4) is 0 Å². The van der Waals surface area contributed by atoms with Gasteiger partial charge in [-0.25, -0.2) is 4.72 Å². The van der Waals surface area contributed by atoms with Gasteiger partial charge in [0.25, 0.3) is 10.2 Å². The predicted molar refractivity (Wildman–Crippen MR) is 63.3 cm³/mol. The molecule has 0 spiro atoms. The molecule has 16 heavy (non-hydrogen) atoms. The summed E-state index contributed by atoms with van der Waals surface area (Å²) in [7, 11) is -3.20. The first kappa shape index (κ1) is 12.3. The van der Waals surface area contributed by atoms with E-state index in [2.05, 4.69) is 10.0 Å². The Morgan fingerprint density at radius 2 is 1.81 bits per heavy atom. The molecule has 0 amide bonds. The van der Waals surface area contributed by atoms with E-state index in [9.17, 15) is 8.42 Å². The Hall–Kier alpha value is -0.170. The summed E-state index contributed by atoms with van der Waals surface area (Å²) in [6, 6.07) is 0. The predicted octanol–water partition coefficient (Wildman–Crippen LogP) is -0.0838. The molecule has 0 aromatic rings. The van der Waals surface area contributed by atoms with E-state index in [1.165, 1.54) is 0 Å². The van der Waals surface area contributed by atoms with Crippen LogP contribution in [0.4, 0.5) is 0 Å². The van der Waals surface area contributed by atoms with Crippen LogP contribution in [0.2, 0.25) is 0 Å². The van der Waals surface area contributed by atoms with Gasteiger partial charge in [-0.15, -0.1) is 0 Å². The maximum absolute atomic E-state index is 11.9. The lowest BCUT2D eigenvalue weighted by molar-refractivity contribution is 0.367. The largest absolute Gasteiger partial charge is 0.317 e. The van der Waals surface area contributed by atoms with Gasteiger partial charge in [0.2, 0.25) is 0 Å². The van der Waals surface area contributed by atoms with Crippen LogP contribution in [0.5, 0.6) is 0 Å². The second-order valence-electron chi connectivity index (χ2n) is 4.65.